The fraction of sp³-hybridized carbons (Fsp3) is 0.706. The maximum atomic E-state index is 4.32. The molecule has 0 spiro atoms. The number of rotatable bonds is 5. The fourth-order valence-electron chi connectivity index (χ4n) is 3.49. The monoisotopic (exact) mass is 273 g/mol. The van der Waals surface area contributed by atoms with E-state index in [9.17, 15) is 0 Å². The Labute approximate surface area is 122 Å². The van der Waals surface area contributed by atoms with Crippen LogP contribution in [0.2, 0.25) is 0 Å². The summed E-state index contributed by atoms with van der Waals surface area (Å²) in [6.45, 7) is 3.36. The second-order valence-electron chi connectivity index (χ2n) is 6.60. The van der Waals surface area contributed by atoms with Gasteiger partial charge in [-0.1, -0.05) is 19.8 Å². The van der Waals surface area contributed by atoms with Crippen LogP contribution in [-0.2, 0) is 6.54 Å². The number of nitrogens with one attached hydrogen (secondary N) is 1. The quantitative estimate of drug-likeness (QED) is 0.891. The van der Waals surface area contributed by atoms with Crippen molar-refractivity contribution < 1.29 is 0 Å². The number of hydrogen-bond acceptors (Lipinski definition) is 3. The number of nitrogens with zero attached hydrogens (tertiary/aromatic N) is 2. The summed E-state index contributed by atoms with van der Waals surface area (Å²) in [5, 5.41) is 3.62. The molecular weight excluding hydrogens is 246 g/mol. The highest BCUT2D eigenvalue weighted by molar-refractivity contribution is 5.52. The Morgan fingerprint density at radius 3 is 2.80 bits per heavy atom. The maximum Gasteiger partial charge on any atom is 0.0442 e. The minimum atomic E-state index is 0.686. The summed E-state index contributed by atoms with van der Waals surface area (Å²) in [5.41, 5.74) is 2.71. The highest BCUT2D eigenvalue weighted by atomic mass is 15.1. The Morgan fingerprint density at radius 2 is 2.05 bits per heavy atom. The van der Waals surface area contributed by atoms with E-state index in [1.807, 2.05) is 12.4 Å². The predicted molar refractivity (Wildman–Crippen MR) is 83.9 cm³/mol. The van der Waals surface area contributed by atoms with E-state index in [-0.39, 0.29) is 0 Å². The van der Waals surface area contributed by atoms with Crippen molar-refractivity contribution in [1.29, 1.82) is 0 Å². The van der Waals surface area contributed by atoms with Crippen LogP contribution >= 0.6 is 0 Å². The average molecular weight is 273 g/mol. The molecule has 110 valence electrons. The number of anilines is 1. The first kappa shape index (κ1) is 13.9. The standard InChI is InChI=1S/C17H27N3/c1-13-5-3-4-6-16(13)20(2)17-9-10-18-11-14(17)12-19-15-7-8-15/h9-11,13,15-16,19H,3-8,12H2,1-2H3. The van der Waals surface area contributed by atoms with Gasteiger partial charge in [-0.25, -0.2) is 0 Å². The Kier molecular flexibility index (Phi) is 4.25. The number of aromatic nitrogens is 1. The third kappa shape index (κ3) is 3.14. The van der Waals surface area contributed by atoms with Gasteiger partial charge in [0.1, 0.15) is 0 Å². The lowest BCUT2D eigenvalue weighted by Gasteiger charge is -2.38. The van der Waals surface area contributed by atoms with Crippen molar-refractivity contribution in [2.75, 3.05) is 11.9 Å². The van der Waals surface area contributed by atoms with Crippen LogP contribution in [-0.4, -0.2) is 24.1 Å². The zero-order valence-corrected chi connectivity index (χ0v) is 12.8. The van der Waals surface area contributed by atoms with E-state index in [2.05, 4.69) is 35.2 Å². The summed E-state index contributed by atoms with van der Waals surface area (Å²) in [7, 11) is 2.27. The van der Waals surface area contributed by atoms with Gasteiger partial charge in [0.05, 0.1) is 0 Å². The fourth-order valence-corrected chi connectivity index (χ4v) is 3.49. The lowest BCUT2D eigenvalue weighted by Crippen LogP contribution is -2.39. The van der Waals surface area contributed by atoms with Gasteiger partial charge in [0.2, 0.25) is 0 Å². The molecule has 3 heteroatoms. The van der Waals surface area contributed by atoms with Gasteiger partial charge in [-0.05, 0) is 37.7 Å². The molecule has 20 heavy (non-hydrogen) atoms. The van der Waals surface area contributed by atoms with Gasteiger partial charge < -0.3 is 10.2 Å². The molecule has 1 N–H and O–H groups in total. The maximum absolute atomic E-state index is 4.32. The molecule has 0 aromatic carbocycles. The van der Waals surface area contributed by atoms with Crippen LogP contribution in [0.15, 0.2) is 18.5 Å². The molecule has 0 saturated heterocycles. The van der Waals surface area contributed by atoms with E-state index in [0.717, 1.165) is 18.5 Å². The van der Waals surface area contributed by atoms with E-state index < -0.39 is 0 Å². The molecule has 2 aliphatic carbocycles. The van der Waals surface area contributed by atoms with Gasteiger partial charge in [0.15, 0.2) is 0 Å². The van der Waals surface area contributed by atoms with Gasteiger partial charge in [-0.3, -0.25) is 4.98 Å². The summed E-state index contributed by atoms with van der Waals surface area (Å²) in [5.74, 6) is 0.797. The lowest BCUT2D eigenvalue weighted by atomic mass is 9.85. The Morgan fingerprint density at radius 1 is 1.25 bits per heavy atom. The molecule has 0 bridgehead atoms. The van der Waals surface area contributed by atoms with Gasteiger partial charge in [0.25, 0.3) is 0 Å². The molecule has 1 aromatic heterocycles. The van der Waals surface area contributed by atoms with E-state index in [1.165, 1.54) is 49.8 Å². The van der Waals surface area contributed by atoms with E-state index in [0.29, 0.717) is 6.04 Å². The highest BCUT2D eigenvalue weighted by Crippen LogP contribution is 2.32. The highest BCUT2D eigenvalue weighted by Gasteiger charge is 2.26. The second kappa shape index (κ2) is 6.13. The van der Waals surface area contributed by atoms with Gasteiger partial charge >= 0.3 is 0 Å². The molecule has 1 aromatic rings. The molecule has 1 heterocycles. The second-order valence-corrected chi connectivity index (χ2v) is 6.60. The Bertz CT molecular complexity index is 442. The Balaban J connectivity index is 1.73. The first-order valence-corrected chi connectivity index (χ1v) is 8.15. The van der Waals surface area contributed by atoms with E-state index in [1.54, 1.807) is 0 Å². The zero-order chi connectivity index (χ0) is 13.9. The summed E-state index contributed by atoms with van der Waals surface area (Å²) in [6.07, 6.45) is 12.1. The topological polar surface area (TPSA) is 28.2 Å². The van der Waals surface area contributed by atoms with Crippen molar-refractivity contribution in [2.45, 2.75) is 64.1 Å². The SMILES string of the molecule is CC1CCCCC1N(C)c1ccncc1CNC1CC1. The van der Waals surface area contributed by atoms with Crippen molar-refractivity contribution in [1.82, 2.24) is 10.3 Å². The first-order valence-electron chi connectivity index (χ1n) is 8.15. The first-order chi connectivity index (χ1) is 9.75. The summed E-state index contributed by atoms with van der Waals surface area (Å²) in [4.78, 5) is 6.83. The summed E-state index contributed by atoms with van der Waals surface area (Å²) >= 11 is 0. The van der Waals surface area contributed by atoms with Crippen molar-refractivity contribution >= 4 is 5.69 Å². The van der Waals surface area contributed by atoms with Crippen LogP contribution < -0.4 is 10.2 Å². The largest absolute Gasteiger partial charge is 0.371 e. The van der Waals surface area contributed by atoms with Gasteiger partial charge in [-0.2, -0.15) is 0 Å². The van der Waals surface area contributed by atoms with Crippen LogP contribution in [0.3, 0.4) is 0 Å². The van der Waals surface area contributed by atoms with Gasteiger partial charge in [-0.15, -0.1) is 0 Å². The van der Waals surface area contributed by atoms with Crippen LogP contribution in [0.1, 0.15) is 51.0 Å². The molecule has 0 amide bonds. The molecule has 2 atom stereocenters. The van der Waals surface area contributed by atoms with E-state index >= 15 is 0 Å². The van der Waals surface area contributed by atoms with Crippen molar-refractivity contribution in [3.05, 3.63) is 24.0 Å². The number of hydrogen-bond donors (Lipinski definition) is 1. The lowest BCUT2D eigenvalue weighted by molar-refractivity contribution is 0.321. The third-order valence-electron chi connectivity index (χ3n) is 4.98. The zero-order valence-electron chi connectivity index (χ0n) is 12.8. The molecule has 2 fully saturated rings. The molecule has 0 radical (unpaired) electrons. The molecule has 3 rings (SSSR count). The van der Waals surface area contributed by atoms with Crippen LogP contribution in [0.5, 0.6) is 0 Å². The molecule has 0 aliphatic heterocycles. The Hall–Kier alpha value is -1.09. The van der Waals surface area contributed by atoms with Gasteiger partial charge in [0, 0.05) is 49.3 Å². The molecule has 2 saturated carbocycles. The predicted octanol–water partition coefficient (Wildman–Crippen LogP) is 3.35. The smallest absolute Gasteiger partial charge is 0.0442 e. The normalized spacial score (nSPS) is 26.5. The minimum Gasteiger partial charge on any atom is -0.371 e. The molecule has 2 unspecified atom stereocenters. The van der Waals surface area contributed by atoms with Crippen LogP contribution in [0.4, 0.5) is 5.69 Å². The average Bonchev–Trinajstić information content (AvgIpc) is 3.29. The minimum absolute atomic E-state index is 0.686. The molecule has 3 nitrogen and oxygen atoms in total. The summed E-state index contributed by atoms with van der Waals surface area (Å²) in [6, 6.07) is 3.62. The van der Waals surface area contributed by atoms with E-state index in [4.69, 9.17) is 0 Å². The van der Waals surface area contributed by atoms with Crippen molar-refractivity contribution in [3.8, 4) is 0 Å². The third-order valence-corrected chi connectivity index (χ3v) is 4.98. The van der Waals surface area contributed by atoms with Crippen molar-refractivity contribution in [3.63, 3.8) is 0 Å². The van der Waals surface area contributed by atoms with Crippen LogP contribution in [0.25, 0.3) is 0 Å². The van der Waals surface area contributed by atoms with Crippen molar-refractivity contribution in [2.24, 2.45) is 5.92 Å². The molecule has 2 aliphatic rings. The number of pyridine rings is 1. The summed E-state index contributed by atoms with van der Waals surface area (Å²) < 4.78 is 0. The molecular formula is C17H27N3. The van der Waals surface area contributed by atoms with Crippen LogP contribution in [0, 0.1) is 5.92 Å².